The van der Waals surface area contributed by atoms with E-state index in [4.69, 9.17) is 9.52 Å². The molecule has 4 heteroatoms. The molecule has 1 aromatic heterocycles. The zero-order valence-electron chi connectivity index (χ0n) is 7.73. The van der Waals surface area contributed by atoms with Crippen molar-refractivity contribution in [2.45, 2.75) is 12.5 Å². The number of likely N-dealkylation sites (N-methyl/N-ethyl adjacent to an activating group) is 1. The maximum atomic E-state index is 10.8. The van der Waals surface area contributed by atoms with Crippen LogP contribution < -0.4 is 0 Å². The summed E-state index contributed by atoms with van der Waals surface area (Å²) in [5, 5.41) is 8.86. The molecule has 0 fully saturated rings. The van der Waals surface area contributed by atoms with Crippen molar-refractivity contribution in [3.8, 4) is 0 Å². The van der Waals surface area contributed by atoms with Crippen molar-refractivity contribution in [2.75, 3.05) is 14.1 Å². The van der Waals surface area contributed by atoms with E-state index in [0.717, 1.165) is 0 Å². The Morgan fingerprint density at radius 3 is 2.77 bits per heavy atom. The minimum absolute atomic E-state index is 0.398. The van der Waals surface area contributed by atoms with Crippen molar-refractivity contribution in [2.24, 2.45) is 0 Å². The van der Waals surface area contributed by atoms with E-state index in [2.05, 4.69) is 0 Å². The summed E-state index contributed by atoms with van der Waals surface area (Å²) in [6.45, 7) is 0. The van der Waals surface area contributed by atoms with Gasteiger partial charge in [-0.05, 0) is 26.2 Å². The first-order valence-electron chi connectivity index (χ1n) is 4.03. The Balaban J connectivity index is 2.63. The van der Waals surface area contributed by atoms with Crippen LogP contribution in [0.4, 0.5) is 0 Å². The molecule has 0 aliphatic carbocycles. The third-order valence-corrected chi connectivity index (χ3v) is 1.88. The summed E-state index contributed by atoms with van der Waals surface area (Å²) in [5.74, 6) is -0.137. The monoisotopic (exact) mass is 183 g/mol. The van der Waals surface area contributed by atoms with Crippen molar-refractivity contribution >= 4 is 5.97 Å². The van der Waals surface area contributed by atoms with E-state index in [9.17, 15) is 4.79 Å². The molecule has 0 aliphatic heterocycles. The summed E-state index contributed by atoms with van der Waals surface area (Å²) in [6.07, 6.45) is 1.94. The van der Waals surface area contributed by atoms with Crippen LogP contribution in [0, 0.1) is 0 Å². The van der Waals surface area contributed by atoms with E-state index < -0.39 is 12.0 Å². The number of aliphatic carboxylic acids is 1. The van der Waals surface area contributed by atoms with Gasteiger partial charge in [0.05, 0.1) is 6.26 Å². The second kappa shape index (κ2) is 4.09. The van der Waals surface area contributed by atoms with Crippen LogP contribution in [0.15, 0.2) is 22.8 Å². The van der Waals surface area contributed by atoms with E-state index in [1.54, 1.807) is 37.4 Å². The maximum Gasteiger partial charge on any atom is 0.321 e. The van der Waals surface area contributed by atoms with Crippen LogP contribution in [0.25, 0.3) is 0 Å². The number of carboxylic acids is 1. The molecule has 72 valence electrons. The number of carboxylic acid groups (broad SMARTS) is 1. The number of nitrogens with zero attached hydrogens (tertiary/aromatic N) is 1. The van der Waals surface area contributed by atoms with Gasteiger partial charge in [-0.3, -0.25) is 9.69 Å². The highest BCUT2D eigenvalue weighted by Crippen LogP contribution is 2.07. The van der Waals surface area contributed by atoms with Crippen LogP contribution in [0.5, 0.6) is 0 Å². The number of carbonyl (C=O) groups is 1. The topological polar surface area (TPSA) is 53.7 Å². The van der Waals surface area contributed by atoms with Gasteiger partial charge in [0, 0.05) is 6.42 Å². The van der Waals surface area contributed by atoms with Crippen molar-refractivity contribution in [3.05, 3.63) is 24.2 Å². The molecular formula is C9H13NO3. The summed E-state index contributed by atoms with van der Waals surface area (Å²) in [4.78, 5) is 12.4. The Kier molecular flexibility index (Phi) is 3.08. The quantitative estimate of drug-likeness (QED) is 0.751. The molecule has 1 rings (SSSR count). The zero-order valence-corrected chi connectivity index (χ0v) is 7.73. The first-order valence-corrected chi connectivity index (χ1v) is 4.03. The van der Waals surface area contributed by atoms with Crippen LogP contribution in [-0.4, -0.2) is 36.1 Å². The fraction of sp³-hybridized carbons (Fsp3) is 0.444. The molecule has 13 heavy (non-hydrogen) atoms. The molecule has 0 amide bonds. The third-order valence-electron chi connectivity index (χ3n) is 1.88. The molecule has 0 saturated heterocycles. The maximum absolute atomic E-state index is 10.8. The molecule has 0 saturated carbocycles. The number of rotatable bonds is 4. The number of hydrogen-bond acceptors (Lipinski definition) is 3. The first-order chi connectivity index (χ1) is 6.11. The predicted molar refractivity (Wildman–Crippen MR) is 47.5 cm³/mol. The molecule has 4 nitrogen and oxygen atoms in total. The highest BCUT2D eigenvalue weighted by molar-refractivity contribution is 5.73. The predicted octanol–water partition coefficient (Wildman–Crippen LogP) is 0.837. The average Bonchev–Trinajstić information content (AvgIpc) is 2.50. The average molecular weight is 183 g/mol. The Hall–Kier alpha value is -1.29. The van der Waals surface area contributed by atoms with Crippen molar-refractivity contribution in [3.63, 3.8) is 0 Å². The Bertz CT molecular complexity index is 266. The molecule has 1 unspecified atom stereocenters. The third kappa shape index (κ3) is 2.59. The molecular weight excluding hydrogens is 170 g/mol. The molecule has 0 bridgehead atoms. The molecule has 1 heterocycles. The molecule has 1 atom stereocenters. The molecule has 0 radical (unpaired) electrons. The van der Waals surface area contributed by atoms with Gasteiger partial charge in [-0.25, -0.2) is 0 Å². The molecule has 0 aromatic carbocycles. The highest BCUT2D eigenvalue weighted by Gasteiger charge is 2.21. The van der Waals surface area contributed by atoms with Crippen LogP contribution in [0.3, 0.4) is 0 Å². The zero-order chi connectivity index (χ0) is 9.84. The van der Waals surface area contributed by atoms with Gasteiger partial charge in [0.2, 0.25) is 0 Å². The number of furan rings is 1. The van der Waals surface area contributed by atoms with Gasteiger partial charge in [-0.15, -0.1) is 0 Å². The van der Waals surface area contributed by atoms with Crippen LogP contribution in [-0.2, 0) is 11.2 Å². The van der Waals surface area contributed by atoms with Crippen molar-refractivity contribution in [1.82, 2.24) is 4.90 Å². The van der Waals surface area contributed by atoms with Gasteiger partial charge < -0.3 is 9.52 Å². The SMILES string of the molecule is CN(C)C(Cc1ccco1)C(=O)O. The van der Waals surface area contributed by atoms with E-state index in [0.29, 0.717) is 12.2 Å². The second-order valence-electron chi connectivity index (χ2n) is 3.10. The summed E-state index contributed by atoms with van der Waals surface area (Å²) in [5.41, 5.74) is 0. The van der Waals surface area contributed by atoms with E-state index in [1.807, 2.05) is 0 Å². The fourth-order valence-electron chi connectivity index (χ4n) is 1.11. The Morgan fingerprint density at radius 1 is 1.69 bits per heavy atom. The van der Waals surface area contributed by atoms with Crippen molar-refractivity contribution in [1.29, 1.82) is 0 Å². The molecule has 1 N–H and O–H groups in total. The van der Waals surface area contributed by atoms with Gasteiger partial charge in [-0.2, -0.15) is 0 Å². The second-order valence-corrected chi connectivity index (χ2v) is 3.10. The minimum atomic E-state index is -0.832. The lowest BCUT2D eigenvalue weighted by atomic mass is 10.1. The van der Waals surface area contributed by atoms with Crippen LogP contribution in [0.1, 0.15) is 5.76 Å². The van der Waals surface area contributed by atoms with Gasteiger partial charge in [-0.1, -0.05) is 0 Å². The highest BCUT2D eigenvalue weighted by atomic mass is 16.4. The summed E-state index contributed by atoms with van der Waals surface area (Å²) < 4.78 is 5.07. The standard InChI is InChI=1S/C9H13NO3/c1-10(2)8(9(11)12)6-7-4-3-5-13-7/h3-5,8H,6H2,1-2H3,(H,11,12). The number of hydrogen-bond donors (Lipinski definition) is 1. The van der Waals surface area contributed by atoms with Crippen molar-refractivity contribution < 1.29 is 14.3 Å². The first kappa shape index (κ1) is 9.80. The molecule has 0 spiro atoms. The van der Waals surface area contributed by atoms with Gasteiger partial charge in [0.25, 0.3) is 0 Å². The smallest absolute Gasteiger partial charge is 0.321 e. The van der Waals surface area contributed by atoms with E-state index in [1.165, 1.54) is 0 Å². The van der Waals surface area contributed by atoms with Crippen LogP contribution >= 0.6 is 0 Å². The summed E-state index contributed by atoms with van der Waals surface area (Å²) in [6, 6.07) is 3.01. The summed E-state index contributed by atoms with van der Waals surface area (Å²) in [7, 11) is 3.48. The Morgan fingerprint density at radius 2 is 2.38 bits per heavy atom. The fourth-order valence-corrected chi connectivity index (χ4v) is 1.11. The van der Waals surface area contributed by atoms with Gasteiger partial charge in [0.1, 0.15) is 11.8 Å². The minimum Gasteiger partial charge on any atom is -0.480 e. The van der Waals surface area contributed by atoms with Crippen LogP contribution in [0.2, 0.25) is 0 Å². The largest absolute Gasteiger partial charge is 0.480 e. The van der Waals surface area contributed by atoms with E-state index >= 15 is 0 Å². The lowest BCUT2D eigenvalue weighted by molar-refractivity contribution is -0.142. The van der Waals surface area contributed by atoms with Gasteiger partial charge >= 0.3 is 5.97 Å². The Labute approximate surface area is 76.8 Å². The lowest BCUT2D eigenvalue weighted by Crippen LogP contribution is -2.37. The molecule has 1 aromatic rings. The lowest BCUT2D eigenvalue weighted by Gasteiger charge is -2.18. The summed E-state index contributed by atoms with van der Waals surface area (Å²) >= 11 is 0. The normalized spacial score (nSPS) is 13.2. The molecule has 0 aliphatic rings. The van der Waals surface area contributed by atoms with Gasteiger partial charge in [0.15, 0.2) is 0 Å². The van der Waals surface area contributed by atoms with E-state index in [-0.39, 0.29) is 0 Å².